The maximum atomic E-state index is 12.7. The summed E-state index contributed by atoms with van der Waals surface area (Å²) in [4.78, 5) is 16.1. The zero-order chi connectivity index (χ0) is 23.8. The number of methoxy groups -OCH3 is 1. The first-order chi connectivity index (χ1) is 15.8. The second-order valence-corrected chi connectivity index (χ2v) is 9.45. The van der Waals surface area contributed by atoms with Gasteiger partial charge in [-0.3, -0.25) is 4.99 Å². The van der Waals surface area contributed by atoms with Crippen molar-refractivity contribution in [3.05, 3.63) is 95.6 Å². The lowest BCUT2D eigenvalue weighted by Gasteiger charge is -2.14. The van der Waals surface area contributed by atoms with Gasteiger partial charge in [0, 0.05) is 11.3 Å². The zero-order valence-electron chi connectivity index (χ0n) is 18.1. The quantitative estimate of drug-likeness (QED) is 0.238. The Kier molecular flexibility index (Phi) is 7.92. The van der Waals surface area contributed by atoms with Crippen LogP contribution >= 0.6 is 12.2 Å². The highest BCUT2D eigenvalue weighted by Crippen LogP contribution is 2.13. The van der Waals surface area contributed by atoms with Crippen LogP contribution in [0.2, 0.25) is 0 Å². The van der Waals surface area contributed by atoms with Gasteiger partial charge >= 0.3 is 5.97 Å². The number of hydrogen-bond donors (Lipinski definition) is 2. The number of nitrogens with one attached hydrogen (secondary N) is 2. The van der Waals surface area contributed by atoms with Gasteiger partial charge in [-0.1, -0.05) is 48.0 Å². The van der Waals surface area contributed by atoms with Crippen LogP contribution in [0.25, 0.3) is 0 Å². The maximum Gasteiger partial charge on any atom is 0.337 e. The molecule has 0 spiro atoms. The largest absolute Gasteiger partial charge is 0.465 e. The van der Waals surface area contributed by atoms with E-state index in [2.05, 4.69) is 15.6 Å². The van der Waals surface area contributed by atoms with E-state index in [0.717, 1.165) is 5.56 Å². The summed E-state index contributed by atoms with van der Waals surface area (Å²) in [5, 5.41) is 6.21. The normalized spacial score (nSPS) is 11.5. The SMILES string of the molecule is COC(=O)c1ccc(NC(=S)N/C(=N\CS(=O)(=O)c2ccccc2)c2ccc(C)cc2)cc1. The molecule has 0 fully saturated rings. The minimum atomic E-state index is -3.62. The number of thiocarbonyl (C=S) groups is 1. The number of aryl methyl sites for hydroxylation is 1. The van der Waals surface area contributed by atoms with Crippen molar-refractivity contribution in [2.45, 2.75) is 11.8 Å². The van der Waals surface area contributed by atoms with Gasteiger partial charge in [-0.05, 0) is 55.5 Å². The lowest BCUT2D eigenvalue weighted by molar-refractivity contribution is 0.0600. The number of sulfone groups is 1. The van der Waals surface area contributed by atoms with Crippen LogP contribution in [0, 0.1) is 6.92 Å². The van der Waals surface area contributed by atoms with Crippen LogP contribution in [0.1, 0.15) is 21.5 Å². The van der Waals surface area contributed by atoms with Crippen molar-refractivity contribution in [1.82, 2.24) is 5.32 Å². The Hall–Kier alpha value is -3.56. The number of esters is 1. The Labute approximate surface area is 198 Å². The molecular formula is C24H23N3O4S2. The molecule has 0 bridgehead atoms. The number of hydrogen-bond acceptors (Lipinski definition) is 6. The van der Waals surface area contributed by atoms with Crippen molar-refractivity contribution in [1.29, 1.82) is 0 Å². The predicted molar refractivity (Wildman–Crippen MR) is 133 cm³/mol. The average molecular weight is 482 g/mol. The Morgan fingerprint density at radius 3 is 2.15 bits per heavy atom. The van der Waals surface area contributed by atoms with Crippen LogP contribution in [0.3, 0.4) is 0 Å². The molecule has 2 N–H and O–H groups in total. The molecule has 7 nitrogen and oxygen atoms in total. The smallest absolute Gasteiger partial charge is 0.337 e. The average Bonchev–Trinajstić information content (AvgIpc) is 2.83. The molecule has 0 unspecified atom stereocenters. The van der Waals surface area contributed by atoms with Gasteiger partial charge in [0.15, 0.2) is 14.9 Å². The Morgan fingerprint density at radius 1 is 0.939 bits per heavy atom. The number of carbonyl (C=O) groups excluding carboxylic acids is 1. The van der Waals surface area contributed by atoms with Crippen LogP contribution in [-0.2, 0) is 14.6 Å². The number of anilines is 1. The fraction of sp³-hybridized carbons (Fsp3) is 0.125. The molecule has 0 saturated carbocycles. The minimum Gasteiger partial charge on any atom is -0.465 e. The van der Waals surface area contributed by atoms with Crippen molar-refractivity contribution in [2.24, 2.45) is 4.99 Å². The summed E-state index contributed by atoms with van der Waals surface area (Å²) in [7, 11) is -2.30. The Balaban J connectivity index is 1.79. The fourth-order valence-electron chi connectivity index (χ4n) is 2.84. The lowest BCUT2D eigenvalue weighted by Crippen LogP contribution is -2.35. The van der Waals surface area contributed by atoms with Crippen LogP contribution in [-0.4, -0.2) is 38.3 Å². The third kappa shape index (κ3) is 6.71. The number of benzene rings is 3. The molecule has 3 aromatic rings. The summed E-state index contributed by atoms with van der Waals surface area (Å²) in [6.07, 6.45) is 0. The first-order valence-corrected chi connectivity index (χ1v) is 12.0. The molecular weight excluding hydrogens is 458 g/mol. The first-order valence-electron chi connectivity index (χ1n) is 9.94. The summed E-state index contributed by atoms with van der Waals surface area (Å²) < 4.78 is 30.1. The predicted octanol–water partition coefficient (Wildman–Crippen LogP) is 3.95. The molecule has 170 valence electrons. The van der Waals surface area contributed by atoms with Gasteiger partial charge in [0.25, 0.3) is 0 Å². The molecule has 0 aromatic heterocycles. The van der Waals surface area contributed by atoms with Crippen LogP contribution in [0.15, 0.2) is 88.8 Å². The molecule has 3 aromatic carbocycles. The van der Waals surface area contributed by atoms with Gasteiger partial charge in [0.2, 0.25) is 0 Å². The van der Waals surface area contributed by atoms with E-state index >= 15 is 0 Å². The molecule has 0 aliphatic heterocycles. The highest BCUT2D eigenvalue weighted by atomic mass is 32.2. The van der Waals surface area contributed by atoms with Gasteiger partial charge in [-0.2, -0.15) is 0 Å². The van der Waals surface area contributed by atoms with E-state index < -0.39 is 21.7 Å². The molecule has 0 aliphatic rings. The second kappa shape index (κ2) is 10.8. The lowest BCUT2D eigenvalue weighted by atomic mass is 10.1. The fourth-order valence-corrected chi connectivity index (χ4v) is 4.08. The van der Waals surface area contributed by atoms with Gasteiger partial charge in [-0.15, -0.1) is 0 Å². The van der Waals surface area contributed by atoms with Gasteiger partial charge in [0.1, 0.15) is 11.7 Å². The molecule has 9 heteroatoms. The molecule has 33 heavy (non-hydrogen) atoms. The van der Waals surface area contributed by atoms with Crippen LogP contribution in [0.5, 0.6) is 0 Å². The van der Waals surface area contributed by atoms with Crippen molar-refractivity contribution in [3.8, 4) is 0 Å². The monoisotopic (exact) mass is 481 g/mol. The molecule has 0 heterocycles. The van der Waals surface area contributed by atoms with E-state index in [1.807, 2.05) is 31.2 Å². The minimum absolute atomic E-state index is 0.198. The zero-order valence-corrected chi connectivity index (χ0v) is 19.7. The Bertz CT molecular complexity index is 1260. The third-order valence-corrected chi connectivity index (χ3v) is 6.28. The standard InChI is InChI=1S/C24H23N3O4S2/c1-17-8-10-18(11-9-17)22(25-16-33(29,30)21-6-4-3-5-7-21)27-24(32)26-20-14-12-19(13-15-20)23(28)31-2/h3-15H,16H2,1-2H3,(H2,25,26,27,32). The summed E-state index contributed by atoms with van der Waals surface area (Å²) in [6, 6.07) is 22.2. The van der Waals surface area contributed by atoms with Gasteiger partial charge in [0.05, 0.1) is 17.6 Å². The number of aliphatic imine (C=N–C) groups is 1. The van der Waals surface area contributed by atoms with Gasteiger partial charge in [-0.25, -0.2) is 13.2 Å². The van der Waals surface area contributed by atoms with Crippen molar-refractivity contribution in [3.63, 3.8) is 0 Å². The number of amidine groups is 1. The molecule has 0 saturated heterocycles. The number of ether oxygens (including phenoxy) is 1. The van der Waals surface area contributed by atoms with Crippen molar-refractivity contribution < 1.29 is 17.9 Å². The van der Waals surface area contributed by atoms with E-state index in [4.69, 9.17) is 17.0 Å². The molecule has 0 amide bonds. The molecule has 3 rings (SSSR count). The summed E-state index contributed by atoms with van der Waals surface area (Å²) in [6.45, 7) is 1.96. The first kappa shape index (κ1) is 24.1. The number of nitrogens with zero attached hydrogens (tertiary/aromatic N) is 1. The van der Waals surface area contributed by atoms with Crippen molar-refractivity contribution in [2.75, 3.05) is 18.3 Å². The topological polar surface area (TPSA) is 96.9 Å². The third-order valence-electron chi connectivity index (χ3n) is 4.62. The molecule has 0 atom stereocenters. The van der Waals surface area contributed by atoms with Crippen LogP contribution in [0.4, 0.5) is 5.69 Å². The van der Waals surface area contributed by atoms with E-state index in [0.29, 0.717) is 22.6 Å². The molecule has 0 radical (unpaired) electrons. The van der Waals surface area contributed by atoms with E-state index in [1.165, 1.54) is 19.2 Å². The summed E-state index contributed by atoms with van der Waals surface area (Å²) >= 11 is 5.40. The summed E-state index contributed by atoms with van der Waals surface area (Å²) in [5.74, 6) is -0.558. The van der Waals surface area contributed by atoms with Crippen molar-refractivity contribution >= 4 is 44.7 Å². The number of carbonyl (C=O) groups is 1. The van der Waals surface area contributed by atoms with Crippen LogP contribution < -0.4 is 10.6 Å². The second-order valence-electron chi connectivity index (χ2n) is 7.08. The van der Waals surface area contributed by atoms with E-state index in [1.54, 1.807) is 42.5 Å². The van der Waals surface area contributed by atoms with E-state index in [-0.39, 0.29) is 10.0 Å². The molecule has 0 aliphatic carbocycles. The summed E-state index contributed by atoms with van der Waals surface area (Å²) in [5.41, 5.74) is 2.80. The number of rotatable bonds is 6. The Morgan fingerprint density at radius 2 is 1.55 bits per heavy atom. The highest BCUT2D eigenvalue weighted by Gasteiger charge is 2.15. The van der Waals surface area contributed by atoms with Gasteiger partial charge < -0.3 is 15.4 Å². The maximum absolute atomic E-state index is 12.7. The highest BCUT2D eigenvalue weighted by molar-refractivity contribution is 7.91. The van der Waals surface area contributed by atoms with E-state index in [9.17, 15) is 13.2 Å².